The predicted molar refractivity (Wildman–Crippen MR) is 115 cm³/mol. The maximum atomic E-state index is 5.54. The molecule has 4 aromatic rings. The number of pyridine rings is 1. The Balaban J connectivity index is 1.56. The number of fused-ring (bicyclic) bond motifs is 2. The van der Waals surface area contributed by atoms with E-state index in [9.17, 15) is 0 Å². The maximum Gasteiger partial charge on any atom is 0.228 e. The van der Waals surface area contributed by atoms with Gasteiger partial charge in [-0.15, -0.1) is 0 Å². The smallest absolute Gasteiger partial charge is 0.228 e. The summed E-state index contributed by atoms with van der Waals surface area (Å²) in [7, 11) is 0. The van der Waals surface area contributed by atoms with Crippen molar-refractivity contribution in [3.8, 4) is 11.3 Å². The molecule has 0 unspecified atom stereocenters. The number of nitrogens with one attached hydrogen (secondary N) is 1. The lowest BCUT2D eigenvalue weighted by atomic mass is 10.0. The van der Waals surface area contributed by atoms with E-state index in [0.717, 1.165) is 65.7 Å². The van der Waals surface area contributed by atoms with Crippen LogP contribution in [0.3, 0.4) is 0 Å². The van der Waals surface area contributed by atoms with Crippen molar-refractivity contribution in [1.82, 2.24) is 25.1 Å². The highest BCUT2D eigenvalue weighted by molar-refractivity contribution is 5.95. The molecule has 2 aliphatic heterocycles. The SMILES string of the molecule is c1cc(-c2nc(N3CCOCC3)nc3c2CCN3c2ccncc2)c2cn[nH]c2c1. The Kier molecular flexibility index (Phi) is 4.09. The van der Waals surface area contributed by atoms with Crippen molar-refractivity contribution in [2.24, 2.45) is 0 Å². The van der Waals surface area contributed by atoms with E-state index in [1.165, 1.54) is 5.56 Å². The molecule has 1 saturated heterocycles. The topological polar surface area (TPSA) is 83.1 Å². The summed E-state index contributed by atoms with van der Waals surface area (Å²) in [5.74, 6) is 1.74. The Morgan fingerprint density at radius 1 is 0.967 bits per heavy atom. The first kappa shape index (κ1) is 17.3. The zero-order chi connectivity index (χ0) is 19.9. The van der Waals surface area contributed by atoms with Crippen LogP contribution in [-0.2, 0) is 11.2 Å². The molecule has 0 saturated carbocycles. The monoisotopic (exact) mass is 399 g/mol. The fraction of sp³-hybridized carbons (Fsp3) is 0.273. The number of benzene rings is 1. The van der Waals surface area contributed by atoms with E-state index in [-0.39, 0.29) is 0 Å². The summed E-state index contributed by atoms with van der Waals surface area (Å²) in [5.41, 5.74) is 5.37. The molecular formula is C22H21N7O. The van der Waals surface area contributed by atoms with Gasteiger partial charge in [-0.1, -0.05) is 12.1 Å². The Bertz CT molecular complexity index is 1200. The average molecular weight is 399 g/mol. The number of nitrogens with zero attached hydrogens (tertiary/aromatic N) is 6. The summed E-state index contributed by atoms with van der Waals surface area (Å²) in [4.78, 5) is 18.7. The average Bonchev–Trinajstić information content (AvgIpc) is 3.46. The number of hydrogen-bond donors (Lipinski definition) is 1. The van der Waals surface area contributed by atoms with Gasteiger partial charge in [0.15, 0.2) is 0 Å². The van der Waals surface area contributed by atoms with Crippen LogP contribution in [0.2, 0.25) is 0 Å². The van der Waals surface area contributed by atoms with E-state index in [4.69, 9.17) is 14.7 Å². The fourth-order valence-corrected chi connectivity index (χ4v) is 4.32. The highest BCUT2D eigenvalue weighted by atomic mass is 16.5. The van der Waals surface area contributed by atoms with Gasteiger partial charge in [-0.05, 0) is 24.6 Å². The summed E-state index contributed by atoms with van der Waals surface area (Å²) in [6, 6.07) is 10.3. The second kappa shape index (κ2) is 7.07. The van der Waals surface area contributed by atoms with Crippen LogP contribution in [0.1, 0.15) is 5.56 Å². The lowest BCUT2D eigenvalue weighted by molar-refractivity contribution is 0.122. The minimum absolute atomic E-state index is 0.696. The molecular weight excluding hydrogens is 378 g/mol. The Hall–Kier alpha value is -3.52. The third-order valence-electron chi connectivity index (χ3n) is 5.82. The third-order valence-corrected chi connectivity index (χ3v) is 5.82. The second-order valence-corrected chi connectivity index (χ2v) is 7.52. The van der Waals surface area contributed by atoms with Gasteiger partial charge in [-0.3, -0.25) is 10.1 Å². The van der Waals surface area contributed by atoms with E-state index >= 15 is 0 Å². The van der Waals surface area contributed by atoms with Gasteiger partial charge in [0.2, 0.25) is 5.95 Å². The third kappa shape index (κ3) is 2.80. The van der Waals surface area contributed by atoms with E-state index in [1.807, 2.05) is 42.9 Å². The van der Waals surface area contributed by atoms with Crippen LogP contribution in [0.5, 0.6) is 0 Å². The van der Waals surface area contributed by atoms with E-state index in [1.54, 1.807) is 0 Å². The van der Waals surface area contributed by atoms with Gasteiger partial charge in [0.05, 0.1) is 30.6 Å². The number of aromatic nitrogens is 5. The standard InChI is InChI=1S/C22H21N7O/c1-2-16(18-14-24-27-19(18)3-1)20-17-6-9-29(15-4-7-23-8-5-15)21(17)26-22(25-20)28-10-12-30-13-11-28/h1-5,7-8,14H,6,9-13H2,(H,24,27). The van der Waals surface area contributed by atoms with Crippen LogP contribution in [0.15, 0.2) is 48.9 Å². The molecule has 0 aliphatic carbocycles. The van der Waals surface area contributed by atoms with E-state index in [0.29, 0.717) is 13.2 Å². The molecule has 1 fully saturated rings. The minimum atomic E-state index is 0.696. The van der Waals surface area contributed by atoms with Crippen molar-refractivity contribution in [2.45, 2.75) is 6.42 Å². The fourth-order valence-electron chi connectivity index (χ4n) is 4.32. The molecule has 0 atom stereocenters. The molecule has 1 N–H and O–H groups in total. The van der Waals surface area contributed by atoms with Crippen LogP contribution in [0.4, 0.5) is 17.5 Å². The van der Waals surface area contributed by atoms with Crippen LogP contribution < -0.4 is 9.80 Å². The zero-order valence-electron chi connectivity index (χ0n) is 16.5. The van der Waals surface area contributed by atoms with Crippen LogP contribution in [0.25, 0.3) is 22.2 Å². The molecule has 2 aliphatic rings. The molecule has 3 aromatic heterocycles. The molecule has 8 heteroatoms. The molecule has 6 rings (SSSR count). The highest BCUT2D eigenvalue weighted by Gasteiger charge is 2.29. The highest BCUT2D eigenvalue weighted by Crippen LogP contribution is 2.40. The summed E-state index contributed by atoms with van der Waals surface area (Å²) in [5, 5.41) is 8.39. The van der Waals surface area contributed by atoms with E-state index < -0.39 is 0 Å². The molecule has 0 amide bonds. The quantitative estimate of drug-likeness (QED) is 0.567. The van der Waals surface area contributed by atoms with Crippen LogP contribution in [-0.4, -0.2) is 58.0 Å². The lowest BCUT2D eigenvalue weighted by Gasteiger charge is -2.28. The summed E-state index contributed by atoms with van der Waals surface area (Å²) in [6.45, 7) is 3.85. The van der Waals surface area contributed by atoms with Crippen molar-refractivity contribution in [3.05, 3.63) is 54.5 Å². The number of morpholine rings is 1. The second-order valence-electron chi connectivity index (χ2n) is 7.52. The molecule has 30 heavy (non-hydrogen) atoms. The Morgan fingerprint density at radius 2 is 1.83 bits per heavy atom. The first-order valence-electron chi connectivity index (χ1n) is 10.2. The Morgan fingerprint density at radius 3 is 2.70 bits per heavy atom. The molecule has 0 spiro atoms. The number of hydrogen-bond acceptors (Lipinski definition) is 7. The molecule has 0 radical (unpaired) electrons. The molecule has 150 valence electrons. The van der Waals surface area contributed by atoms with Crippen molar-refractivity contribution < 1.29 is 4.74 Å². The van der Waals surface area contributed by atoms with Gasteiger partial charge < -0.3 is 14.5 Å². The van der Waals surface area contributed by atoms with Crippen molar-refractivity contribution >= 4 is 28.4 Å². The molecule has 8 nitrogen and oxygen atoms in total. The van der Waals surface area contributed by atoms with Crippen molar-refractivity contribution in [1.29, 1.82) is 0 Å². The number of H-pyrrole nitrogens is 1. The summed E-state index contributed by atoms with van der Waals surface area (Å²) < 4.78 is 5.54. The maximum absolute atomic E-state index is 5.54. The van der Waals surface area contributed by atoms with Crippen molar-refractivity contribution in [2.75, 3.05) is 42.6 Å². The summed E-state index contributed by atoms with van der Waals surface area (Å²) in [6.07, 6.45) is 6.42. The van der Waals surface area contributed by atoms with E-state index in [2.05, 4.69) is 31.0 Å². The normalized spacial score (nSPS) is 16.3. The van der Waals surface area contributed by atoms with Gasteiger partial charge >= 0.3 is 0 Å². The number of rotatable bonds is 3. The summed E-state index contributed by atoms with van der Waals surface area (Å²) >= 11 is 0. The van der Waals surface area contributed by atoms with Gasteiger partial charge in [0.1, 0.15) is 5.82 Å². The predicted octanol–water partition coefficient (Wildman–Crippen LogP) is 2.95. The van der Waals surface area contributed by atoms with Gasteiger partial charge in [-0.25, -0.2) is 4.98 Å². The first-order valence-corrected chi connectivity index (χ1v) is 10.2. The number of ether oxygens (including phenoxy) is 1. The first-order chi connectivity index (χ1) is 14.9. The van der Waals surface area contributed by atoms with Gasteiger partial charge in [0.25, 0.3) is 0 Å². The largest absolute Gasteiger partial charge is 0.378 e. The zero-order valence-corrected chi connectivity index (χ0v) is 16.5. The van der Waals surface area contributed by atoms with Crippen LogP contribution in [0, 0.1) is 0 Å². The molecule has 5 heterocycles. The number of anilines is 3. The minimum Gasteiger partial charge on any atom is -0.378 e. The van der Waals surface area contributed by atoms with Crippen LogP contribution >= 0.6 is 0 Å². The molecule has 0 bridgehead atoms. The van der Waals surface area contributed by atoms with Crippen molar-refractivity contribution in [3.63, 3.8) is 0 Å². The number of aromatic amines is 1. The lowest BCUT2D eigenvalue weighted by Crippen LogP contribution is -2.37. The van der Waals surface area contributed by atoms with Gasteiger partial charge in [0, 0.05) is 54.2 Å². The molecule has 1 aromatic carbocycles. The van der Waals surface area contributed by atoms with Gasteiger partial charge in [-0.2, -0.15) is 10.1 Å². The Labute approximate surface area is 173 Å².